The highest BCUT2D eigenvalue weighted by Gasteiger charge is 2.63. The second kappa shape index (κ2) is 8.52. The lowest BCUT2D eigenvalue weighted by Gasteiger charge is -2.47. The van der Waals surface area contributed by atoms with E-state index in [1.165, 1.54) is 11.0 Å². The maximum Gasteiger partial charge on any atom is 0.435 e. The molecule has 4 heterocycles. The summed E-state index contributed by atoms with van der Waals surface area (Å²) in [5, 5.41) is 2.47. The summed E-state index contributed by atoms with van der Waals surface area (Å²) in [6.45, 7) is 0.296. The Morgan fingerprint density at radius 2 is 1.84 bits per heavy atom. The Kier molecular flexibility index (Phi) is 6.02. The SMILES string of the molecule is CS(=O)(=O)CC(=O)N1CC2(C1)OCc1nc(C3=NOC(c4cc(Cl)c(F)c(Cl)c4)(C(F)(F)F)C3)ccc12. The van der Waals surface area contributed by atoms with Crippen LogP contribution in [0.25, 0.3) is 0 Å². The highest BCUT2D eigenvalue weighted by Crippen LogP contribution is 2.50. The van der Waals surface area contributed by atoms with Crippen molar-refractivity contribution in [1.29, 1.82) is 0 Å². The smallest absolute Gasteiger partial charge is 0.374 e. The lowest BCUT2D eigenvalue weighted by atomic mass is 9.85. The Morgan fingerprint density at radius 3 is 2.43 bits per heavy atom. The van der Waals surface area contributed by atoms with E-state index in [4.69, 9.17) is 32.8 Å². The molecule has 5 rings (SSSR count). The number of oxime groups is 1. The van der Waals surface area contributed by atoms with Crippen molar-refractivity contribution in [2.45, 2.75) is 30.4 Å². The average Bonchev–Trinajstić information content (AvgIpc) is 3.37. The second-order valence-corrected chi connectivity index (χ2v) is 12.1. The Bertz CT molecular complexity index is 1440. The number of rotatable bonds is 4. The molecule has 0 N–H and O–H groups in total. The first-order valence-corrected chi connectivity index (χ1v) is 13.5. The lowest BCUT2D eigenvalue weighted by Crippen LogP contribution is -2.62. The number of carbonyl (C=O) groups excluding carboxylic acids is 1. The number of benzene rings is 1. The van der Waals surface area contributed by atoms with Crippen molar-refractivity contribution in [3.05, 3.63) is 62.6 Å². The Hall–Kier alpha value is -2.48. The zero-order valence-corrected chi connectivity index (χ0v) is 21.2. The highest BCUT2D eigenvalue weighted by atomic mass is 35.5. The Morgan fingerprint density at radius 1 is 1.19 bits per heavy atom. The second-order valence-electron chi connectivity index (χ2n) is 9.18. The van der Waals surface area contributed by atoms with Crippen LogP contribution < -0.4 is 0 Å². The van der Waals surface area contributed by atoms with Gasteiger partial charge in [-0.2, -0.15) is 13.2 Å². The van der Waals surface area contributed by atoms with Gasteiger partial charge in [-0.1, -0.05) is 34.4 Å². The molecule has 0 radical (unpaired) electrons. The van der Waals surface area contributed by atoms with Gasteiger partial charge in [-0.05, 0) is 18.2 Å². The molecule has 1 unspecified atom stereocenters. The van der Waals surface area contributed by atoms with Gasteiger partial charge in [-0.3, -0.25) is 4.79 Å². The molecule has 2 aromatic rings. The van der Waals surface area contributed by atoms with Gasteiger partial charge >= 0.3 is 6.18 Å². The fraction of sp³-hybridized carbons (Fsp3) is 0.409. The van der Waals surface area contributed by atoms with Gasteiger partial charge < -0.3 is 14.5 Å². The molecule has 1 saturated heterocycles. The van der Waals surface area contributed by atoms with Crippen LogP contribution in [0.1, 0.15) is 28.9 Å². The predicted octanol–water partition coefficient (Wildman–Crippen LogP) is 3.72. The molecule has 1 aromatic carbocycles. The van der Waals surface area contributed by atoms with Gasteiger partial charge in [0.15, 0.2) is 15.7 Å². The molecule has 198 valence electrons. The predicted molar refractivity (Wildman–Crippen MR) is 123 cm³/mol. The third kappa shape index (κ3) is 4.35. The van der Waals surface area contributed by atoms with Gasteiger partial charge in [-0.15, -0.1) is 0 Å². The van der Waals surface area contributed by atoms with Crippen LogP contribution in [0.3, 0.4) is 0 Å². The summed E-state index contributed by atoms with van der Waals surface area (Å²) >= 11 is 11.5. The van der Waals surface area contributed by atoms with Crippen molar-refractivity contribution in [2.75, 3.05) is 25.1 Å². The van der Waals surface area contributed by atoms with Gasteiger partial charge in [0.25, 0.3) is 5.60 Å². The fourth-order valence-electron chi connectivity index (χ4n) is 4.62. The van der Waals surface area contributed by atoms with Crippen molar-refractivity contribution < 1.29 is 40.3 Å². The van der Waals surface area contributed by atoms with Gasteiger partial charge in [0.1, 0.15) is 17.1 Å². The standard InChI is InChI=1S/C22H17Cl2F4N3O5S/c1-37(33,34)8-18(32)31-9-20(10-31)12-2-3-15(29-17(12)7-35-20)16-6-21(36-30-16,22(26,27)28)11-4-13(23)19(25)14(24)5-11/h2-5H,6-10H2,1H3. The number of hydrogen-bond donors (Lipinski definition) is 0. The number of carbonyl (C=O) groups is 1. The van der Waals surface area contributed by atoms with E-state index in [1.54, 1.807) is 6.07 Å². The van der Waals surface area contributed by atoms with Crippen molar-refractivity contribution in [3.8, 4) is 0 Å². The van der Waals surface area contributed by atoms with Crippen molar-refractivity contribution in [1.82, 2.24) is 9.88 Å². The van der Waals surface area contributed by atoms with Gasteiger partial charge in [-0.25, -0.2) is 17.8 Å². The summed E-state index contributed by atoms with van der Waals surface area (Å²) in [5.74, 6) is -2.21. The number of alkyl halides is 3. The molecule has 8 nitrogen and oxygen atoms in total. The van der Waals surface area contributed by atoms with Crippen LogP contribution in [-0.4, -0.2) is 61.2 Å². The summed E-state index contributed by atoms with van der Waals surface area (Å²) in [4.78, 5) is 22.9. The topological polar surface area (TPSA) is 98.2 Å². The molecule has 3 aliphatic heterocycles. The lowest BCUT2D eigenvalue weighted by molar-refractivity contribution is -0.275. The van der Waals surface area contributed by atoms with Gasteiger partial charge in [0.05, 0.1) is 47.6 Å². The molecule has 15 heteroatoms. The van der Waals surface area contributed by atoms with Crippen LogP contribution in [0.2, 0.25) is 10.0 Å². The average molecular weight is 582 g/mol. The third-order valence-electron chi connectivity index (χ3n) is 6.51. The number of likely N-dealkylation sites (tertiary alicyclic amines) is 1. The van der Waals surface area contributed by atoms with Crippen LogP contribution >= 0.6 is 23.2 Å². The van der Waals surface area contributed by atoms with Crippen molar-refractivity contribution >= 4 is 44.7 Å². The molecule has 1 amide bonds. The van der Waals surface area contributed by atoms with Crippen molar-refractivity contribution in [2.24, 2.45) is 5.16 Å². The maximum absolute atomic E-state index is 14.2. The van der Waals surface area contributed by atoms with Crippen LogP contribution in [0.15, 0.2) is 29.4 Å². The molecule has 1 aromatic heterocycles. The molecule has 3 aliphatic rings. The number of amides is 1. The zero-order valence-electron chi connectivity index (χ0n) is 18.9. The fourth-order valence-corrected chi connectivity index (χ4v) is 5.74. The van der Waals surface area contributed by atoms with Gasteiger partial charge in [0, 0.05) is 17.4 Å². The molecule has 0 bridgehead atoms. The van der Waals surface area contributed by atoms with Crippen LogP contribution in [0.4, 0.5) is 17.6 Å². The summed E-state index contributed by atoms with van der Waals surface area (Å²) in [6, 6.07) is 4.70. The monoisotopic (exact) mass is 581 g/mol. The number of ether oxygens (including phenoxy) is 1. The number of sulfone groups is 1. The molecule has 1 spiro atoms. The van der Waals surface area contributed by atoms with E-state index >= 15 is 0 Å². The minimum Gasteiger partial charge on any atom is -0.374 e. The van der Waals surface area contributed by atoms with E-state index in [9.17, 15) is 30.8 Å². The summed E-state index contributed by atoms with van der Waals surface area (Å²) in [6.07, 6.45) is -4.75. The normalized spacial score (nSPS) is 22.5. The van der Waals surface area contributed by atoms with E-state index in [2.05, 4.69) is 10.1 Å². The van der Waals surface area contributed by atoms with Gasteiger partial charge in [0.2, 0.25) is 5.91 Å². The molecule has 37 heavy (non-hydrogen) atoms. The highest BCUT2D eigenvalue weighted by molar-refractivity contribution is 7.91. The van der Waals surface area contributed by atoms with E-state index in [0.29, 0.717) is 11.3 Å². The Labute approximate surface area is 218 Å². The number of pyridine rings is 1. The van der Waals surface area contributed by atoms with E-state index < -0.39 is 66.7 Å². The quantitative estimate of drug-likeness (QED) is 0.403. The number of halogens is 6. The van der Waals surface area contributed by atoms with E-state index in [-0.39, 0.29) is 31.1 Å². The number of aromatic nitrogens is 1. The third-order valence-corrected chi connectivity index (χ3v) is 7.83. The number of hydrogen-bond acceptors (Lipinski definition) is 7. The summed E-state index contributed by atoms with van der Waals surface area (Å²) in [5.41, 5.74) is -3.20. The van der Waals surface area contributed by atoms with Crippen LogP contribution in [0.5, 0.6) is 0 Å². The molecule has 1 fully saturated rings. The molecule has 1 atom stereocenters. The summed E-state index contributed by atoms with van der Waals surface area (Å²) < 4.78 is 85.2. The van der Waals surface area contributed by atoms with Crippen LogP contribution in [0, 0.1) is 5.82 Å². The first-order chi connectivity index (χ1) is 17.1. The molecular formula is C22H17Cl2F4N3O5S. The minimum absolute atomic E-state index is 0.0407. The molecular weight excluding hydrogens is 565 g/mol. The van der Waals surface area contributed by atoms with E-state index in [0.717, 1.165) is 18.4 Å². The first kappa shape index (κ1) is 26.1. The van der Waals surface area contributed by atoms with Crippen LogP contribution in [-0.2, 0) is 42.0 Å². The molecule has 0 aliphatic carbocycles. The minimum atomic E-state index is -4.96. The zero-order chi connectivity index (χ0) is 27.0. The Balaban J connectivity index is 1.38. The maximum atomic E-state index is 14.2. The number of nitrogens with zero attached hydrogens (tertiary/aromatic N) is 3. The summed E-state index contributed by atoms with van der Waals surface area (Å²) in [7, 11) is -3.49. The number of fused-ring (bicyclic) bond motifs is 2. The van der Waals surface area contributed by atoms with Crippen molar-refractivity contribution in [3.63, 3.8) is 0 Å². The largest absolute Gasteiger partial charge is 0.435 e. The van der Waals surface area contributed by atoms with E-state index in [1.807, 2.05) is 0 Å². The molecule has 0 saturated carbocycles. The first-order valence-electron chi connectivity index (χ1n) is 10.7.